The normalized spacial score (nSPS) is 15.5. The molecule has 1 saturated carbocycles. The van der Waals surface area contributed by atoms with Gasteiger partial charge in [-0.05, 0) is 24.5 Å². The Kier molecular flexibility index (Phi) is 3.53. The first-order valence-corrected chi connectivity index (χ1v) is 7.03. The molecule has 2 N–H and O–H groups in total. The molecular weight excluding hydrogens is 260 g/mol. The highest BCUT2D eigenvalue weighted by molar-refractivity contribution is 6.31. The predicted molar refractivity (Wildman–Crippen MR) is 75.1 cm³/mol. The second-order valence-electron chi connectivity index (χ2n) is 5.00. The lowest BCUT2D eigenvalue weighted by Crippen LogP contribution is -2.18. The van der Waals surface area contributed by atoms with Gasteiger partial charge in [0.15, 0.2) is 0 Å². The van der Waals surface area contributed by atoms with Gasteiger partial charge in [-0.3, -0.25) is 0 Å². The zero-order valence-electron chi connectivity index (χ0n) is 10.7. The average Bonchev–Trinajstić information content (AvgIpc) is 2.73. The van der Waals surface area contributed by atoms with Crippen LogP contribution in [0.4, 0.5) is 0 Å². The van der Waals surface area contributed by atoms with Crippen LogP contribution in [0, 0.1) is 0 Å². The summed E-state index contributed by atoms with van der Waals surface area (Å²) in [7, 11) is 0. The first kappa shape index (κ1) is 12.6. The van der Waals surface area contributed by atoms with Gasteiger partial charge < -0.3 is 5.73 Å². The van der Waals surface area contributed by atoms with Crippen LogP contribution < -0.4 is 5.73 Å². The second kappa shape index (κ2) is 5.31. The number of hydrogen-bond donors (Lipinski definition) is 1. The van der Waals surface area contributed by atoms with E-state index in [-0.39, 0.29) is 0 Å². The van der Waals surface area contributed by atoms with Crippen molar-refractivity contribution in [1.82, 2.24) is 15.0 Å². The third kappa shape index (κ3) is 2.38. The van der Waals surface area contributed by atoms with Gasteiger partial charge in [-0.1, -0.05) is 41.4 Å². The molecule has 4 nitrogen and oxygen atoms in total. The van der Waals surface area contributed by atoms with E-state index in [1.165, 1.54) is 25.0 Å². The lowest BCUT2D eigenvalue weighted by atomic mass is 9.82. The van der Waals surface area contributed by atoms with Crippen LogP contribution in [-0.2, 0) is 13.1 Å². The maximum Gasteiger partial charge on any atom is 0.0997 e. The average molecular weight is 277 g/mol. The van der Waals surface area contributed by atoms with Crippen molar-refractivity contribution >= 4 is 11.6 Å². The van der Waals surface area contributed by atoms with Crippen molar-refractivity contribution in [2.24, 2.45) is 5.73 Å². The molecule has 0 bridgehead atoms. The molecule has 2 aromatic rings. The van der Waals surface area contributed by atoms with Gasteiger partial charge in [-0.15, -0.1) is 5.10 Å². The number of hydrogen-bond acceptors (Lipinski definition) is 3. The Morgan fingerprint density at radius 1 is 1.32 bits per heavy atom. The maximum absolute atomic E-state index is 6.21. The molecule has 0 amide bonds. The van der Waals surface area contributed by atoms with E-state index in [0.29, 0.717) is 19.0 Å². The molecule has 0 aliphatic heterocycles. The van der Waals surface area contributed by atoms with Crippen LogP contribution in [0.25, 0.3) is 0 Å². The van der Waals surface area contributed by atoms with E-state index in [1.807, 2.05) is 28.9 Å². The number of rotatable bonds is 4. The van der Waals surface area contributed by atoms with Crippen molar-refractivity contribution in [1.29, 1.82) is 0 Å². The van der Waals surface area contributed by atoms with Crippen LogP contribution in [0.2, 0.25) is 5.02 Å². The highest BCUT2D eigenvalue weighted by atomic mass is 35.5. The standard InChI is InChI=1S/C14H17ClN4/c15-12-7-2-1-4-11(12)9-19-14(10-5-3-6-10)13(8-16)17-18-19/h1-2,4,7,10H,3,5-6,8-9,16H2. The molecule has 5 heteroatoms. The van der Waals surface area contributed by atoms with Crippen LogP contribution in [0.15, 0.2) is 24.3 Å². The lowest BCUT2D eigenvalue weighted by Gasteiger charge is -2.26. The zero-order chi connectivity index (χ0) is 13.2. The van der Waals surface area contributed by atoms with Crippen LogP contribution in [0.1, 0.15) is 42.1 Å². The highest BCUT2D eigenvalue weighted by Crippen LogP contribution is 2.37. The second-order valence-corrected chi connectivity index (χ2v) is 5.41. The van der Waals surface area contributed by atoms with Crippen molar-refractivity contribution in [3.05, 3.63) is 46.2 Å². The zero-order valence-corrected chi connectivity index (χ0v) is 11.5. The summed E-state index contributed by atoms with van der Waals surface area (Å²) in [5.74, 6) is 0.566. The summed E-state index contributed by atoms with van der Waals surface area (Å²) in [5.41, 5.74) is 8.96. The van der Waals surface area contributed by atoms with E-state index < -0.39 is 0 Å². The first-order valence-electron chi connectivity index (χ1n) is 6.65. The molecule has 1 aromatic carbocycles. The molecule has 1 heterocycles. The van der Waals surface area contributed by atoms with E-state index in [1.54, 1.807) is 0 Å². The van der Waals surface area contributed by atoms with Crippen molar-refractivity contribution in [2.45, 2.75) is 38.3 Å². The van der Waals surface area contributed by atoms with E-state index in [4.69, 9.17) is 17.3 Å². The number of halogens is 1. The number of nitrogens with two attached hydrogens (primary N) is 1. The minimum atomic E-state index is 0.453. The summed E-state index contributed by atoms with van der Waals surface area (Å²) < 4.78 is 1.97. The molecule has 19 heavy (non-hydrogen) atoms. The third-order valence-electron chi connectivity index (χ3n) is 3.81. The highest BCUT2D eigenvalue weighted by Gasteiger charge is 2.27. The van der Waals surface area contributed by atoms with Crippen molar-refractivity contribution in [3.63, 3.8) is 0 Å². The molecule has 0 atom stereocenters. The summed E-state index contributed by atoms with van der Waals surface area (Å²) in [6.07, 6.45) is 3.71. The van der Waals surface area contributed by atoms with Crippen LogP contribution >= 0.6 is 11.6 Å². The Balaban J connectivity index is 1.92. The first-order chi connectivity index (χ1) is 9.29. The van der Waals surface area contributed by atoms with Gasteiger partial charge in [-0.25, -0.2) is 4.68 Å². The molecule has 1 fully saturated rings. The minimum Gasteiger partial charge on any atom is -0.325 e. The van der Waals surface area contributed by atoms with E-state index in [2.05, 4.69) is 10.3 Å². The summed E-state index contributed by atoms with van der Waals surface area (Å²) in [5, 5.41) is 9.23. The molecule has 0 unspecified atom stereocenters. The number of nitrogens with zero attached hydrogens (tertiary/aromatic N) is 3. The fourth-order valence-corrected chi connectivity index (χ4v) is 2.73. The smallest absolute Gasteiger partial charge is 0.0997 e. The topological polar surface area (TPSA) is 56.7 Å². The molecule has 1 aliphatic rings. The van der Waals surface area contributed by atoms with E-state index in [9.17, 15) is 0 Å². The summed E-state index contributed by atoms with van der Waals surface area (Å²) in [6, 6.07) is 7.85. The SMILES string of the molecule is NCc1nnn(Cc2ccccc2Cl)c1C1CCC1. The van der Waals surface area contributed by atoms with Crippen molar-refractivity contribution in [2.75, 3.05) is 0 Å². The van der Waals surface area contributed by atoms with Gasteiger partial charge in [0.05, 0.1) is 17.9 Å². The Morgan fingerprint density at radius 3 is 2.74 bits per heavy atom. The fraction of sp³-hybridized carbons (Fsp3) is 0.429. The molecule has 0 saturated heterocycles. The Bertz CT molecular complexity index is 575. The number of benzene rings is 1. The molecular formula is C14H17ClN4. The molecule has 3 rings (SSSR count). The Labute approximate surface area is 117 Å². The lowest BCUT2D eigenvalue weighted by molar-refractivity contribution is 0.390. The van der Waals surface area contributed by atoms with Gasteiger partial charge in [0.1, 0.15) is 0 Å². The monoisotopic (exact) mass is 276 g/mol. The molecule has 100 valence electrons. The summed E-state index contributed by atoms with van der Waals surface area (Å²) in [6.45, 7) is 1.12. The van der Waals surface area contributed by atoms with Gasteiger partial charge in [0, 0.05) is 17.5 Å². The molecule has 0 spiro atoms. The van der Waals surface area contributed by atoms with Gasteiger partial charge >= 0.3 is 0 Å². The maximum atomic E-state index is 6.21. The minimum absolute atomic E-state index is 0.453. The third-order valence-corrected chi connectivity index (χ3v) is 4.18. The van der Waals surface area contributed by atoms with Crippen LogP contribution in [0.3, 0.4) is 0 Å². The van der Waals surface area contributed by atoms with Gasteiger partial charge in [0.2, 0.25) is 0 Å². The van der Waals surface area contributed by atoms with Crippen LogP contribution in [0.5, 0.6) is 0 Å². The van der Waals surface area contributed by atoms with Gasteiger partial charge in [0.25, 0.3) is 0 Å². The van der Waals surface area contributed by atoms with E-state index in [0.717, 1.165) is 16.3 Å². The molecule has 1 aliphatic carbocycles. The van der Waals surface area contributed by atoms with Crippen molar-refractivity contribution in [3.8, 4) is 0 Å². The van der Waals surface area contributed by atoms with Crippen LogP contribution in [-0.4, -0.2) is 15.0 Å². The predicted octanol–water partition coefficient (Wildman–Crippen LogP) is 2.71. The molecule has 1 aromatic heterocycles. The quantitative estimate of drug-likeness (QED) is 0.934. The Hall–Kier alpha value is -1.39. The largest absolute Gasteiger partial charge is 0.325 e. The molecule has 0 radical (unpaired) electrons. The number of aromatic nitrogens is 3. The van der Waals surface area contributed by atoms with Crippen molar-refractivity contribution < 1.29 is 0 Å². The van der Waals surface area contributed by atoms with E-state index >= 15 is 0 Å². The Morgan fingerprint density at radius 2 is 2.11 bits per heavy atom. The summed E-state index contributed by atoms with van der Waals surface area (Å²) in [4.78, 5) is 0. The summed E-state index contributed by atoms with van der Waals surface area (Å²) >= 11 is 6.21. The fourth-order valence-electron chi connectivity index (χ4n) is 2.53. The van der Waals surface area contributed by atoms with Gasteiger partial charge in [-0.2, -0.15) is 0 Å².